The van der Waals surface area contributed by atoms with Crippen molar-refractivity contribution in [2.45, 2.75) is 58.7 Å². The first kappa shape index (κ1) is 18.8. The minimum absolute atomic E-state index is 0.0219. The molecule has 0 radical (unpaired) electrons. The number of methoxy groups -OCH3 is 1. The Bertz CT molecular complexity index is 567. The van der Waals surface area contributed by atoms with E-state index in [1.165, 1.54) is 0 Å². The van der Waals surface area contributed by atoms with Gasteiger partial charge in [-0.1, -0.05) is 52.2 Å². The quantitative estimate of drug-likeness (QED) is 0.575. The summed E-state index contributed by atoms with van der Waals surface area (Å²) in [6.45, 7) is 9.90. The molecule has 2 rings (SSSR count). The Morgan fingerprint density at radius 2 is 1.79 bits per heavy atom. The Labute approximate surface area is 146 Å². The van der Waals surface area contributed by atoms with Gasteiger partial charge in [0.05, 0.1) is 20.3 Å². The van der Waals surface area contributed by atoms with Crippen LogP contribution in [0.2, 0.25) is 0 Å². The van der Waals surface area contributed by atoms with E-state index in [0.29, 0.717) is 13.2 Å². The molecule has 0 spiro atoms. The Kier molecular flexibility index (Phi) is 6.32. The fourth-order valence-electron chi connectivity index (χ4n) is 2.68. The first-order valence-corrected chi connectivity index (χ1v) is 8.84. The molecule has 24 heavy (non-hydrogen) atoms. The largest absolute Gasteiger partial charge is 0.497 e. The van der Waals surface area contributed by atoms with Crippen molar-refractivity contribution in [1.29, 1.82) is 0 Å². The topological polar surface area (TPSA) is 27.7 Å². The van der Waals surface area contributed by atoms with Crippen molar-refractivity contribution in [1.82, 2.24) is 0 Å². The van der Waals surface area contributed by atoms with Crippen molar-refractivity contribution < 1.29 is 14.2 Å². The van der Waals surface area contributed by atoms with Crippen molar-refractivity contribution in [2.75, 3.05) is 20.3 Å². The zero-order chi connectivity index (χ0) is 17.6. The Morgan fingerprint density at radius 1 is 1.17 bits per heavy atom. The van der Waals surface area contributed by atoms with Crippen molar-refractivity contribution >= 4 is 0 Å². The zero-order valence-corrected chi connectivity index (χ0v) is 15.6. The minimum atomic E-state index is -0.863. The van der Waals surface area contributed by atoms with Gasteiger partial charge in [-0.2, -0.15) is 0 Å². The van der Waals surface area contributed by atoms with E-state index in [9.17, 15) is 0 Å². The van der Waals surface area contributed by atoms with Gasteiger partial charge in [0.15, 0.2) is 0 Å². The molecular weight excluding hydrogens is 300 g/mol. The van der Waals surface area contributed by atoms with Gasteiger partial charge in [-0.3, -0.25) is 0 Å². The molecule has 1 heterocycles. The smallest absolute Gasteiger partial charge is 0.240 e. The molecule has 1 saturated heterocycles. The lowest BCUT2D eigenvalue weighted by molar-refractivity contribution is -0.275. The van der Waals surface area contributed by atoms with Gasteiger partial charge < -0.3 is 14.2 Å². The molecule has 0 bridgehead atoms. The number of hydrogen-bond donors (Lipinski definition) is 0. The van der Waals surface area contributed by atoms with Gasteiger partial charge in [-0.25, -0.2) is 0 Å². The lowest BCUT2D eigenvalue weighted by Crippen LogP contribution is -2.49. The van der Waals surface area contributed by atoms with Crippen LogP contribution in [-0.2, 0) is 9.47 Å². The van der Waals surface area contributed by atoms with Gasteiger partial charge in [-0.15, -0.1) is 0 Å². The molecule has 1 atom stereocenters. The molecule has 0 amide bonds. The predicted octanol–water partition coefficient (Wildman–Crippen LogP) is 4.76. The summed E-state index contributed by atoms with van der Waals surface area (Å²) in [6.07, 6.45) is 3.12. The Morgan fingerprint density at radius 3 is 2.33 bits per heavy atom. The van der Waals surface area contributed by atoms with Crippen LogP contribution in [0.25, 0.3) is 0 Å². The zero-order valence-electron chi connectivity index (χ0n) is 15.6. The van der Waals surface area contributed by atoms with E-state index < -0.39 is 5.79 Å². The van der Waals surface area contributed by atoms with Gasteiger partial charge in [0.25, 0.3) is 0 Å². The number of ether oxygens (including phenoxy) is 3. The first-order chi connectivity index (χ1) is 11.4. The van der Waals surface area contributed by atoms with Crippen molar-refractivity contribution in [3.05, 3.63) is 29.8 Å². The molecule has 0 saturated carbocycles. The molecule has 1 aliphatic rings. The number of rotatable bonds is 5. The van der Waals surface area contributed by atoms with Crippen molar-refractivity contribution in [3.63, 3.8) is 0 Å². The minimum Gasteiger partial charge on any atom is -0.497 e. The van der Waals surface area contributed by atoms with Crippen LogP contribution >= 0.6 is 0 Å². The predicted molar refractivity (Wildman–Crippen MR) is 97.1 cm³/mol. The average Bonchev–Trinajstić information content (AvgIpc) is 2.60. The van der Waals surface area contributed by atoms with Crippen LogP contribution in [0, 0.1) is 17.3 Å². The van der Waals surface area contributed by atoms with Crippen LogP contribution in [0.15, 0.2) is 24.3 Å². The molecule has 1 fully saturated rings. The normalized spacial score (nSPS) is 19.9. The summed E-state index contributed by atoms with van der Waals surface area (Å²) in [7, 11) is 1.68. The highest BCUT2D eigenvalue weighted by Gasteiger charge is 2.44. The molecule has 132 valence electrons. The second kappa shape index (κ2) is 8.05. The third kappa shape index (κ3) is 4.53. The maximum Gasteiger partial charge on any atom is 0.240 e. The van der Waals surface area contributed by atoms with Crippen LogP contribution in [0.3, 0.4) is 0 Å². The molecule has 3 nitrogen and oxygen atoms in total. The second-order valence-electron chi connectivity index (χ2n) is 7.31. The monoisotopic (exact) mass is 330 g/mol. The summed E-state index contributed by atoms with van der Waals surface area (Å²) >= 11 is 0. The standard InChI is InChI=1S/C21H30O3/c1-6-7-8-9-14-21(23-15-20(3,4)16-24-21)17(2)18-10-12-19(22-5)13-11-18/h10-13,17H,6-8,15-16H2,1-5H3/t17-/m1/s1. The van der Waals surface area contributed by atoms with Crippen LogP contribution < -0.4 is 4.74 Å². The van der Waals surface area contributed by atoms with E-state index in [0.717, 1.165) is 30.6 Å². The Balaban J connectivity index is 2.24. The molecular formula is C21H30O3. The van der Waals surface area contributed by atoms with Crippen LogP contribution in [0.4, 0.5) is 0 Å². The Hall–Kier alpha value is -1.50. The number of hydrogen-bond acceptors (Lipinski definition) is 3. The van der Waals surface area contributed by atoms with Gasteiger partial charge in [0.2, 0.25) is 5.79 Å². The number of benzene rings is 1. The van der Waals surface area contributed by atoms with Gasteiger partial charge >= 0.3 is 0 Å². The van der Waals surface area contributed by atoms with E-state index in [1.807, 2.05) is 12.1 Å². The maximum absolute atomic E-state index is 6.21. The van der Waals surface area contributed by atoms with Gasteiger partial charge in [-0.05, 0) is 30.0 Å². The highest BCUT2D eigenvalue weighted by atomic mass is 16.7. The van der Waals surface area contributed by atoms with Gasteiger partial charge in [0.1, 0.15) is 5.75 Å². The molecule has 0 N–H and O–H groups in total. The van der Waals surface area contributed by atoms with E-state index in [4.69, 9.17) is 14.2 Å². The lowest BCUT2D eigenvalue weighted by Gasteiger charge is -2.43. The summed E-state index contributed by atoms with van der Waals surface area (Å²) < 4.78 is 17.7. The van der Waals surface area contributed by atoms with Crippen LogP contribution in [-0.4, -0.2) is 26.1 Å². The molecule has 1 aromatic carbocycles. The van der Waals surface area contributed by atoms with E-state index >= 15 is 0 Å². The summed E-state index contributed by atoms with van der Waals surface area (Å²) in [6, 6.07) is 8.06. The second-order valence-corrected chi connectivity index (χ2v) is 7.31. The first-order valence-electron chi connectivity index (χ1n) is 8.84. The molecule has 1 aromatic rings. The average molecular weight is 330 g/mol. The summed E-state index contributed by atoms with van der Waals surface area (Å²) in [5.41, 5.74) is 1.16. The highest BCUT2D eigenvalue weighted by molar-refractivity contribution is 5.32. The highest BCUT2D eigenvalue weighted by Crippen LogP contribution is 2.39. The molecule has 0 unspecified atom stereocenters. The van der Waals surface area contributed by atoms with Crippen molar-refractivity contribution in [3.8, 4) is 17.6 Å². The fourth-order valence-corrected chi connectivity index (χ4v) is 2.68. The van der Waals surface area contributed by atoms with E-state index in [-0.39, 0.29) is 11.3 Å². The summed E-state index contributed by atoms with van der Waals surface area (Å²) in [5, 5.41) is 0. The summed E-state index contributed by atoms with van der Waals surface area (Å²) in [4.78, 5) is 0. The summed E-state index contributed by atoms with van der Waals surface area (Å²) in [5.74, 6) is 6.59. The van der Waals surface area contributed by atoms with E-state index in [1.54, 1.807) is 7.11 Å². The molecule has 0 aromatic heterocycles. The van der Waals surface area contributed by atoms with Crippen LogP contribution in [0.1, 0.15) is 58.4 Å². The fraction of sp³-hybridized carbons (Fsp3) is 0.619. The molecule has 1 aliphatic heterocycles. The molecule has 0 aliphatic carbocycles. The third-order valence-electron chi connectivity index (χ3n) is 4.46. The third-order valence-corrected chi connectivity index (χ3v) is 4.46. The van der Waals surface area contributed by atoms with Crippen molar-refractivity contribution in [2.24, 2.45) is 5.41 Å². The van der Waals surface area contributed by atoms with Gasteiger partial charge in [0, 0.05) is 17.8 Å². The van der Waals surface area contributed by atoms with Crippen LogP contribution in [0.5, 0.6) is 5.75 Å². The maximum atomic E-state index is 6.21. The van der Waals surface area contributed by atoms with E-state index in [2.05, 4.69) is 51.7 Å². The molecule has 3 heteroatoms. The number of unbranched alkanes of at least 4 members (excludes halogenated alkanes) is 2. The SMILES string of the molecule is CCCCC#CC1([C@H](C)c2ccc(OC)cc2)OCC(C)(C)CO1. The lowest BCUT2D eigenvalue weighted by atomic mass is 9.88.